The van der Waals surface area contributed by atoms with E-state index in [1.165, 1.54) is 12.2 Å². The van der Waals surface area contributed by atoms with Gasteiger partial charge < -0.3 is 4.42 Å². The summed E-state index contributed by atoms with van der Waals surface area (Å²) >= 11 is 7.01. The zero-order chi connectivity index (χ0) is 17.5. The first-order valence-corrected chi connectivity index (χ1v) is 8.35. The molecule has 1 heterocycles. The van der Waals surface area contributed by atoms with Crippen LogP contribution >= 0.6 is 34.8 Å². The summed E-state index contributed by atoms with van der Waals surface area (Å²) in [6.45, 7) is 1.81. The number of halogens is 1. The van der Waals surface area contributed by atoms with E-state index in [-0.39, 0.29) is 11.0 Å². The highest BCUT2D eigenvalue weighted by Crippen LogP contribution is 2.10. The van der Waals surface area contributed by atoms with Crippen molar-refractivity contribution in [2.24, 2.45) is 0 Å². The molecule has 0 atom stereocenters. The highest BCUT2D eigenvalue weighted by Gasteiger charge is 2.09. The number of thiocarbonyl (C=S) groups is 1. The number of aryl methyl sites for hydroxylation is 1. The van der Waals surface area contributed by atoms with Crippen molar-refractivity contribution >= 4 is 57.8 Å². The molecule has 0 fully saturated rings. The van der Waals surface area contributed by atoms with E-state index in [1.807, 2.05) is 19.1 Å². The molecule has 2 rings (SSSR count). The van der Waals surface area contributed by atoms with Crippen molar-refractivity contribution in [1.29, 1.82) is 0 Å². The number of nitrogens with one attached hydrogen (secondary N) is 3. The Bertz CT molecular complexity index is 801. The Morgan fingerprint density at radius 2 is 1.92 bits per heavy atom. The van der Waals surface area contributed by atoms with Gasteiger partial charge in [-0.2, -0.15) is 0 Å². The first kappa shape index (κ1) is 18.1. The SMILES string of the molecule is Cc1ccc(/C=C/C(=O)NC(=S)NNC(=O)c2ccccc2I)o1. The van der Waals surface area contributed by atoms with Crippen molar-refractivity contribution in [3.8, 4) is 0 Å². The molecule has 0 saturated heterocycles. The van der Waals surface area contributed by atoms with Gasteiger partial charge >= 0.3 is 0 Å². The summed E-state index contributed by atoms with van der Waals surface area (Å²) in [4.78, 5) is 23.7. The van der Waals surface area contributed by atoms with Crippen LogP contribution < -0.4 is 16.2 Å². The molecule has 1 aromatic heterocycles. The molecule has 24 heavy (non-hydrogen) atoms. The topological polar surface area (TPSA) is 83.4 Å². The molecule has 0 aliphatic carbocycles. The fourth-order valence-corrected chi connectivity index (χ4v) is 2.50. The first-order valence-electron chi connectivity index (χ1n) is 6.86. The van der Waals surface area contributed by atoms with Crippen LogP contribution in [0, 0.1) is 10.5 Å². The van der Waals surface area contributed by atoms with Gasteiger partial charge in [0.05, 0.1) is 5.56 Å². The third kappa shape index (κ3) is 5.46. The molecule has 0 spiro atoms. The zero-order valence-corrected chi connectivity index (χ0v) is 15.6. The van der Waals surface area contributed by atoms with Crippen LogP contribution in [0.2, 0.25) is 0 Å². The number of carbonyl (C=O) groups excluding carboxylic acids is 2. The molecule has 8 heteroatoms. The second-order valence-corrected chi connectivity index (χ2v) is 6.23. The molecule has 3 N–H and O–H groups in total. The Kier molecular flexibility index (Phi) is 6.50. The molecule has 1 aromatic carbocycles. The molecule has 0 radical (unpaired) electrons. The number of hydrazine groups is 1. The van der Waals surface area contributed by atoms with Crippen molar-refractivity contribution in [2.75, 3.05) is 0 Å². The van der Waals surface area contributed by atoms with E-state index in [1.54, 1.807) is 24.3 Å². The number of rotatable bonds is 3. The van der Waals surface area contributed by atoms with Crippen molar-refractivity contribution in [3.05, 3.63) is 63.1 Å². The van der Waals surface area contributed by atoms with Gasteiger partial charge in [-0.25, -0.2) is 0 Å². The summed E-state index contributed by atoms with van der Waals surface area (Å²) in [5.41, 5.74) is 5.42. The first-order chi connectivity index (χ1) is 11.5. The van der Waals surface area contributed by atoms with Gasteiger partial charge in [0.15, 0.2) is 5.11 Å². The Balaban J connectivity index is 1.80. The predicted molar refractivity (Wildman–Crippen MR) is 103 cm³/mol. The van der Waals surface area contributed by atoms with Gasteiger partial charge in [0.25, 0.3) is 5.91 Å². The number of hydrogen-bond acceptors (Lipinski definition) is 4. The lowest BCUT2D eigenvalue weighted by atomic mass is 10.2. The maximum Gasteiger partial charge on any atom is 0.270 e. The fraction of sp³-hybridized carbons (Fsp3) is 0.0625. The molecule has 0 unspecified atom stereocenters. The van der Waals surface area contributed by atoms with E-state index < -0.39 is 5.91 Å². The van der Waals surface area contributed by atoms with E-state index in [2.05, 4.69) is 38.8 Å². The number of furan rings is 1. The number of amides is 2. The van der Waals surface area contributed by atoms with Gasteiger partial charge in [0.1, 0.15) is 11.5 Å². The van der Waals surface area contributed by atoms with E-state index in [4.69, 9.17) is 16.6 Å². The third-order valence-corrected chi connectivity index (χ3v) is 3.95. The van der Waals surface area contributed by atoms with Gasteiger partial charge in [0.2, 0.25) is 5.91 Å². The minimum absolute atomic E-state index is 0.0143. The summed E-state index contributed by atoms with van der Waals surface area (Å²) in [5, 5.41) is 2.40. The minimum atomic E-state index is -0.440. The van der Waals surface area contributed by atoms with Crippen LogP contribution in [0.25, 0.3) is 6.08 Å². The van der Waals surface area contributed by atoms with Crippen LogP contribution in [-0.2, 0) is 4.79 Å². The Hall–Kier alpha value is -2.20. The van der Waals surface area contributed by atoms with Crippen LogP contribution in [0.4, 0.5) is 0 Å². The largest absolute Gasteiger partial charge is 0.462 e. The minimum Gasteiger partial charge on any atom is -0.462 e. The molecule has 6 nitrogen and oxygen atoms in total. The van der Waals surface area contributed by atoms with Crippen LogP contribution in [0.5, 0.6) is 0 Å². The molecule has 0 saturated carbocycles. The molecule has 2 amide bonds. The number of carbonyl (C=O) groups is 2. The second-order valence-electron chi connectivity index (χ2n) is 4.66. The lowest BCUT2D eigenvalue weighted by Gasteiger charge is -2.10. The van der Waals surface area contributed by atoms with E-state index in [9.17, 15) is 9.59 Å². The van der Waals surface area contributed by atoms with Gasteiger partial charge in [-0.05, 0) is 72.1 Å². The average molecular weight is 455 g/mol. The van der Waals surface area contributed by atoms with Gasteiger partial charge in [0, 0.05) is 9.65 Å². The van der Waals surface area contributed by atoms with Crippen molar-refractivity contribution in [1.82, 2.24) is 16.2 Å². The molecular formula is C16H14IN3O3S. The molecular weight excluding hydrogens is 441 g/mol. The van der Waals surface area contributed by atoms with Crippen LogP contribution in [0.15, 0.2) is 46.9 Å². The van der Waals surface area contributed by atoms with Gasteiger partial charge in [-0.1, -0.05) is 12.1 Å². The van der Waals surface area contributed by atoms with Crippen molar-refractivity contribution in [2.45, 2.75) is 6.92 Å². The quantitative estimate of drug-likeness (QED) is 0.287. The van der Waals surface area contributed by atoms with Crippen LogP contribution in [0.1, 0.15) is 21.9 Å². The highest BCUT2D eigenvalue weighted by molar-refractivity contribution is 14.1. The maximum absolute atomic E-state index is 12.0. The van der Waals surface area contributed by atoms with Crippen LogP contribution in [0.3, 0.4) is 0 Å². The number of hydrogen-bond donors (Lipinski definition) is 3. The molecule has 0 aliphatic heterocycles. The van der Waals surface area contributed by atoms with Crippen LogP contribution in [-0.4, -0.2) is 16.9 Å². The zero-order valence-electron chi connectivity index (χ0n) is 12.6. The molecule has 2 aromatic rings. The summed E-state index contributed by atoms with van der Waals surface area (Å²) in [5.74, 6) is 0.530. The Morgan fingerprint density at radius 3 is 2.58 bits per heavy atom. The molecule has 0 aliphatic rings. The van der Waals surface area contributed by atoms with E-state index in [0.717, 1.165) is 9.33 Å². The lowest BCUT2D eigenvalue weighted by molar-refractivity contribution is -0.115. The smallest absolute Gasteiger partial charge is 0.270 e. The van der Waals surface area contributed by atoms with Gasteiger partial charge in [-0.15, -0.1) is 0 Å². The lowest BCUT2D eigenvalue weighted by Crippen LogP contribution is -2.48. The molecule has 124 valence electrons. The highest BCUT2D eigenvalue weighted by atomic mass is 127. The normalized spacial score (nSPS) is 10.4. The summed E-state index contributed by atoms with van der Waals surface area (Å²) < 4.78 is 6.11. The maximum atomic E-state index is 12.0. The monoisotopic (exact) mass is 455 g/mol. The van der Waals surface area contributed by atoms with Crippen molar-refractivity contribution < 1.29 is 14.0 Å². The standard InChI is InChI=1S/C16H14IN3O3S/c1-10-6-7-11(23-10)8-9-14(21)18-16(24)20-19-15(22)12-4-2-3-5-13(12)17/h2-9H,1H3,(H,19,22)(H2,18,20,21,24)/b9-8+. The van der Waals surface area contributed by atoms with E-state index in [0.29, 0.717) is 11.3 Å². The fourth-order valence-electron chi connectivity index (χ4n) is 1.71. The summed E-state index contributed by atoms with van der Waals surface area (Å²) in [7, 11) is 0. The predicted octanol–water partition coefficient (Wildman–Crippen LogP) is 2.54. The Labute approximate surface area is 157 Å². The third-order valence-electron chi connectivity index (χ3n) is 2.80. The molecule has 0 bridgehead atoms. The average Bonchev–Trinajstić information content (AvgIpc) is 2.96. The number of benzene rings is 1. The Morgan fingerprint density at radius 1 is 1.17 bits per heavy atom. The van der Waals surface area contributed by atoms with Gasteiger partial charge in [-0.3, -0.25) is 25.8 Å². The van der Waals surface area contributed by atoms with E-state index >= 15 is 0 Å². The second kappa shape index (κ2) is 8.60. The van der Waals surface area contributed by atoms with Crippen molar-refractivity contribution in [3.63, 3.8) is 0 Å². The summed E-state index contributed by atoms with van der Waals surface area (Å²) in [6.07, 6.45) is 2.81. The summed E-state index contributed by atoms with van der Waals surface area (Å²) in [6, 6.07) is 10.6.